The van der Waals surface area contributed by atoms with Gasteiger partial charge in [0.1, 0.15) is 5.75 Å². The Morgan fingerprint density at radius 2 is 1.89 bits per heavy atom. The van der Waals surface area contributed by atoms with Crippen LogP contribution in [0.1, 0.15) is 6.92 Å². The lowest BCUT2D eigenvalue weighted by atomic mass is 10.1. The summed E-state index contributed by atoms with van der Waals surface area (Å²) in [5.41, 5.74) is 1.18. The van der Waals surface area contributed by atoms with Crippen LogP contribution < -0.4 is 9.64 Å². The number of aliphatic hydroxyl groups excluding tert-OH is 1. The van der Waals surface area contributed by atoms with E-state index in [-0.39, 0.29) is 6.61 Å². The van der Waals surface area contributed by atoms with Crippen LogP contribution in [0.15, 0.2) is 24.3 Å². The average Bonchev–Trinajstić information content (AvgIpc) is 2.48. The van der Waals surface area contributed by atoms with Crippen molar-refractivity contribution < 1.29 is 9.84 Å². The maximum atomic E-state index is 9.11. The number of hydrogen-bond acceptors (Lipinski definition) is 4. The summed E-state index contributed by atoms with van der Waals surface area (Å²) >= 11 is 0. The average molecular weight is 264 g/mol. The summed E-state index contributed by atoms with van der Waals surface area (Å²) in [6, 6.07) is 8.18. The van der Waals surface area contributed by atoms with E-state index in [4.69, 9.17) is 9.84 Å². The van der Waals surface area contributed by atoms with Crippen molar-refractivity contribution in [3.05, 3.63) is 24.3 Å². The fraction of sp³-hybridized carbons (Fsp3) is 0.600. The lowest BCUT2D eigenvalue weighted by Gasteiger charge is -2.37. The van der Waals surface area contributed by atoms with Gasteiger partial charge in [-0.2, -0.15) is 0 Å². The number of anilines is 1. The maximum Gasteiger partial charge on any atom is 0.142 e. The van der Waals surface area contributed by atoms with Gasteiger partial charge in [-0.3, -0.25) is 4.90 Å². The third-order valence-electron chi connectivity index (χ3n) is 3.68. The zero-order chi connectivity index (χ0) is 13.7. The molecule has 4 nitrogen and oxygen atoms in total. The van der Waals surface area contributed by atoms with Crippen molar-refractivity contribution in [3.63, 3.8) is 0 Å². The molecule has 0 bridgehead atoms. The Morgan fingerprint density at radius 1 is 1.21 bits per heavy atom. The fourth-order valence-corrected chi connectivity index (χ4v) is 2.56. The van der Waals surface area contributed by atoms with Crippen LogP contribution in [0.4, 0.5) is 5.69 Å². The monoisotopic (exact) mass is 264 g/mol. The van der Waals surface area contributed by atoms with Gasteiger partial charge in [-0.25, -0.2) is 0 Å². The highest BCUT2D eigenvalue weighted by Gasteiger charge is 2.20. The summed E-state index contributed by atoms with van der Waals surface area (Å²) in [6.07, 6.45) is 0. The van der Waals surface area contributed by atoms with Gasteiger partial charge in [0.05, 0.1) is 12.8 Å². The van der Waals surface area contributed by atoms with Gasteiger partial charge in [-0.15, -0.1) is 0 Å². The summed E-state index contributed by atoms with van der Waals surface area (Å²) in [5.74, 6) is 1.30. The minimum atomic E-state index is 0.271. The van der Waals surface area contributed by atoms with E-state index in [9.17, 15) is 0 Å². The molecule has 19 heavy (non-hydrogen) atoms. The van der Waals surface area contributed by atoms with Crippen LogP contribution in [0.25, 0.3) is 0 Å². The quantitative estimate of drug-likeness (QED) is 0.873. The largest absolute Gasteiger partial charge is 0.495 e. The molecule has 106 valence electrons. The van der Waals surface area contributed by atoms with E-state index < -0.39 is 0 Å². The second kappa shape index (κ2) is 6.78. The number of hydrogen-bond donors (Lipinski definition) is 1. The predicted molar refractivity (Wildman–Crippen MR) is 77.9 cm³/mol. The van der Waals surface area contributed by atoms with E-state index in [0.717, 1.165) is 38.5 Å². The minimum absolute atomic E-state index is 0.271. The Kier molecular flexibility index (Phi) is 5.05. The first kappa shape index (κ1) is 14.2. The first-order valence-electron chi connectivity index (χ1n) is 6.95. The highest BCUT2D eigenvalue weighted by Crippen LogP contribution is 2.28. The molecule has 0 saturated carbocycles. The van der Waals surface area contributed by atoms with Gasteiger partial charge in [-0.05, 0) is 18.1 Å². The van der Waals surface area contributed by atoms with Crippen LogP contribution in [0, 0.1) is 5.92 Å². The molecule has 0 aromatic heterocycles. The predicted octanol–water partition coefficient (Wildman–Crippen LogP) is 1.45. The van der Waals surface area contributed by atoms with Crippen molar-refractivity contribution in [1.29, 1.82) is 0 Å². The lowest BCUT2D eigenvalue weighted by molar-refractivity contribution is 0.167. The number of aliphatic hydroxyl groups is 1. The maximum absolute atomic E-state index is 9.11. The molecular formula is C15H24N2O2. The molecule has 1 aliphatic rings. The topological polar surface area (TPSA) is 35.9 Å². The highest BCUT2D eigenvalue weighted by atomic mass is 16.5. The molecule has 0 amide bonds. The Hall–Kier alpha value is -1.26. The summed E-state index contributed by atoms with van der Waals surface area (Å²) in [7, 11) is 1.72. The van der Waals surface area contributed by atoms with Crippen molar-refractivity contribution in [2.24, 2.45) is 5.92 Å². The molecule has 1 aromatic carbocycles. The van der Waals surface area contributed by atoms with Crippen molar-refractivity contribution in [2.45, 2.75) is 6.92 Å². The number of ether oxygens (including phenoxy) is 1. The van der Waals surface area contributed by atoms with Crippen LogP contribution >= 0.6 is 0 Å². The molecule has 4 heteroatoms. The van der Waals surface area contributed by atoms with Crippen LogP contribution in [0.3, 0.4) is 0 Å². The SMILES string of the molecule is COc1ccccc1N1CCN(CC(C)CO)CC1. The first-order valence-corrected chi connectivity index (χ1v) is 6.95. The normalized spacial score (nSPS) is 18.4. The van der Waals surface area contributed by atoms with Crippen molar-refractivity contribution >= 4 is 5.69 Å². The van der Waals surface area contributed by atoms with Crippen LogP contribution in [0.2, 0.25) is 0 Å². The lowest BCUT2D eigenvalue weighted by Crippen LogP contribution is -2.48. The van der Waals surface area contributed by atoms with Crippen molar-refractivity contribution in [2.75, 3.05) is 51.3 Å². The van der Waals surface area contributed by atoms with Gasteiger partial charge in [0.2, 0.25) is 0 Å². The number of para-hydroxylation sites is 2. The van der Waals surface area contributed by atoms with E-state index in [2.05, 4.69) is 28.9 Å². The second-order valence-corrected chi connectivity index (χ2v) is 5.25. The molecule has 1 saturated heterocycles. The van der Waals surface area contributed by atoms with Gasteiger partial charge in [0.15, 0.2) is 0 Å². The van der Waals surface area contributed by atoms with E-state index in [1.54, 1.807) is 7.11 Å². The number of piperazine rings is 1. The smallest absolute Gasteiger partial charge is 0.142 e. The molecule has 1 N–H and O–H groups in total. The number of nitrogens with zero attached hydrogens (tertiary/aromatic N) is 2. The third kappa shape index (κ3) is 3.61. The summed E-state index contributed by atoms with van der Waals surface area (Å²) < 4.78 is 5.42. The number of rotatable bonds is 5. The van der Waals surface area contributed by atoms with Crippen molar-refractivity contribution in [1.82, 2.24) is 4.90 Å². The molecule has 0 spiro atoms. The molecule has 1 aromatic rings. The van der Waals surface area contributed by atoms with Crippen LogP contribution in [0.5, 0.6) is 5.75 Å². The highest BCUT2D eigenvalue weighted by molar-refractivity contribution is 5.58. The molecule has 1 aliphatic heterocycles. The van der Waals surface area contributed by atoms with E-state index in [1.807, 2.05) is 12.1 Å². The Morgan fingerprint density at radius 3 is 2.53 bits per heavy atom. The summed E-state index contributed by atoms with van der Waals surface area (Å²) in [6.45, 7) is 7.46. The van der Waals surface area contributed by atoms with E-state index in [1.165, 1.54) is 5.69 Å². The van der Waals surface area contributed by atoms with E-state index >= 15 is 0 Å². The molecule has 1 unspecified atom stereocenters. The van der Waals surface area contributed by atoms with Gasteiger partial charge in [0, 0.05) is 39.3 Å². The fourth-order valence-electron chi connectivity index (χ4n) is 2.56. The van der Waals surface area contributed by atoms with Crippen molar-refractivity contribution in [3.8, 4) is 5.75 Å². The van der Waals surface area contributed by atoms with E-state index in [0.29, 0.717) is 5.92 Å². The zero-order valence-electron chi connectivity index (χ0n) is 11.9. The van der Waals surface area contributed by atoms with Gasteiger partial charge >= 0.3 is 0 Å². The zero-order valence-corrected chi connectivity index (χ0v) is 11.9. The first-order chi connectivity index (χ1) is 9.24. The molecule has 1 atom stereocenters. The molecule has 0 radical (unpaired) electrons. The van der Waals surface area contributed by atoms with Gasteiger partial charge in [0.25, 0.3) is 0 Å². The number of methoxy groups -OCH3 is 1. The second-order valence-electron chi connectivity index (χ2n) is 5.25. The molecule has 2 rings (SSSR count). The Balaban J connectivity index is 1.92. The Labute approximate surface area is 115 Å². The molecule has 1 heterocycles. The van der Waals surface area contributed by atoms with Crippen LogP contribution in [-0.2, 0) is 0 Å². The summed E-state index contributed by atoms with van der Waals surface area (Å²) in [5, 5.41) is 9.11. The summed E-state index contributed by atoms with van der Waals surface area (Å²) in [4.78, 5) is 4.80. The van der Waals surface area contributed by atoms with Crippen LogP contribution in [-0.4, -0.2) is 56.4 Å². The third-order valence-corrected chi connectivity index (χ3v) is 3.68. The number of benzene rings is 1. The Bertz CT molecular complexity index is 389. The minimum Gasteiger partial charge on any atom is -0.495 e. The molecule has 1 fully saturated rings. The standard InChI is InChI=1S/C15H24N2O2/c1-13(12-18)11-16-7-9-17(10-8-16)14-5-3-4-6-15(14)19-2/h3-6,13,18H,7-12H2,1-2H3. The van der Waals surface area contributed by atoms with Gasteiger partial charge < -0.3 is 14.7 Å². The van der Waals surface area contributed by atoms with Gasteiger partial charge in [-0.1, -0.05) is 19.1 Å². The molecular weight excluding hydrogens is 240 g/mol. The molecule has 0 aliphatic carbocycles.